The molecule has 1 aromatic rings. The number of morpholine rings is 1. The second kappa shape index (κ2) is 5.13. The van der Waals surface area contributed by atoms with E-state index in [2.05, 4.69) is 4.74 Å². The van der Waals surface area contributed by atoms with Crippen LogP contribution in [0.1, 0.15) is 27.8 Å². The Bertz CT molecular complexity index is 710. The van der Waals surface area contributed by atoms with E-state index in [0.717, 1.165) is 7.11 Å². The Morgan fingerprint density at radius 3 is 2.82 bits per heavy atom. The van der Waals surface area contributed by atoms with Crippen molar-refractivity contribution in [2.45, 2.75) is 25.6 Å². The van der Waals surface area contributed by atoms with Crippen molar-refractivity contribution in [1.29, 1.82) is 0 Å². The maximum Gasteiger partial charge on any atom is 0.343 e. The van der Waals surface area contributed by atoms with Gasteiger partial charge in [-0.25, -0.2) is 4.79 Å². The van der Waals surface area contributed by atoms with Crippen molar-refractivity contribution in [3.05, 3.63) is 27.7 Å². The molecule has 8 nitrogen and oxygen atoms in total. The molecule has 22 heavy (non-hydrogen) atoms. The maximum atomic E-state index is 12.6. The normalized spacial score (nSPS) is 23.7. The zero-order chi connectivity index (χ0) is 16.0. The average Bonchev–Trinajstić information content (AvgIpc) is 2.49. The number of fused-ring (bicyclic) bond motifs is 2. The zero-order valence-electron chi connectivity index (χ0n) is 12.2. The highest BCUT2D eigenvalue weighted by Crippen LogP contribution is 2.27. The summed E-state index contributed by atoms with van der Waals surface area (Å²) in [4.78, 5) is 37.9. The lowest BCUT2D eigenvalue weighted by molar-refractivity contribution is -0.0417. The van der Waals surface area contributed by atoms with Crippen LogP contribution < -0.4 is 5.43 Å². The third kappa shape index (κ3) is 1.98. The summed E-state index contributed by atoms with van der Waals surface area (Å²) in [6.07, 6.45) is 1.26. The highest BCUT2D eigenvalue weighted by atomic mass is 16.5. The minimum atomic E-state index is -0.897. The monoisotopic (exact) mass is 308 g/mol. The number of rotatable bonds is 1. The van der Waals surface area contributed by atoms with Gasteiger partial charge in [-0.1, -0.05) is 0 Å². The van der Waals surface area contributed by atoms with E-state index in [0.29, 0.717) is 19.8 Å². The van der Waals surface area contributed by atoms with Crippen molar-refractivity contribution in [3.63, 3.8) is 0 Å². The van der Waals surface area contributed by atoms with Crippen molar-refractivity contribution < 1.29 is 24.2 Å². The summed E-state index contributed by atoms with van der Waals surface area (Å²) in [5, 5.41) is 10.1. The molecule has 0 aromatic carbocycles. The third-order valence-electron chi connectivity index (χ3n) is 4.04. The number of esters is 1. The SMILES string of the molecule is COC(=O)c1cn2c(c(O)c1=O)C(=O)N1[C@@H](COC[C@H]1C)C2. The minimum absolute atomic E-state index is 0.0948. The van der Waals surface area contributed by atoms with Crippen molar-refractivity contribution >= 4 is 11.9 Å². The lowest BCUT2D eigenvalue weighted by Gasteiger charge is -2.44. The van der Waals surface area contributed by atoms with E-state index in [1.165, 1.54) is 10.8 Å². The molecular weight excluding hydrogens is 292 g/mol. The van der Waals surface area contributed by atoms with E-state index in [4.69, 9.17) is 4.74 Å². The van der Waals surface area contributed by atoms with Crippen molar-refractivity contribution in [2.24, 2.45) is 0 Å². The fourth-order valence-corrected chi connectivity index (χ4v) is 3.02. The Balaban J connectivity index is 2.15. The van der Waals surface area contributed by atoms with Crippen LogP contribution in [0.5, 0.6) is 5.75 Å². The first-order chi connectivity index (χ1) is 10.5. The van der Waals surface area contributed by atoms with Crippen LogP contribution in [0.2, 0.25) is 0 Å². The van der Waals surface area contributed by atoms with Crippen molar-refractivity contribution in [1.82, 2.24) is 9.47 Å². The van der Waals surface area contributed by atoms with Crippen LogP contribution in [0.25, 0.3) is 0 Å². The Morgan fingerprint density at radius 1 is 1.41 bits per heavy atom. The van der Waals surface area contributed by atoms with Crippen LogP contribution in [0.15, 0.2) is 11.0 Å². The molecule has 118 valence electrons. The van der Waals surface area contributed by atoms with Crippen LogP contribution in [0.3, 0.4) is 0 Å². The fourth-order valence-electron chi connectivity index (χ4n) is 3.02. The van der Waals surface area contributed by atoms with Crippen molar-refractivity contribution in [2.75, 3.05) is 20.3 Å². The van der Waals surface area contributed by atoms with Gasteiger partial charge in [0.1, 0.15) is 5.56 Å². The Kier molecular flexibility index (Phi) is 3.40. The molecule has 1 amide bonds. The number of pyridine rings is 1. The summed E-state index contributed by atoms with van der Waals surface area (Å²) in [6, 6.07) is -0.342. The molecule has 3 heterocycles. The standard InChI is InChI=1S/C14H16N2O6/c1-7-5-22-6-8-3-15-4-9(14(20)21-2)11(17)12(18)10(15)13(19)16(7)8/h4,7-8,18H,3,5-6H2,1-2H3/t7-,8-/m1/s1. The minimum Gasteiger partial charge on any atom is -0.503 e. The lowest BCUT2D eigenvalue weighted by atomic mass is 10.0. The largest absolute Gasteiger partial charge is 0.503 e. The molecule has 0 unspecified atom stereocenters. The average molecular weight is 308 g/mol. The summed E-state index contributed by atoms with van der Waals surface area (Å²) in [7, 11) is 1.15. The summed E-state index contributed by atoms with van der Waals surface area (Å²) in [5.74, 6) is -2.00. The van der Waals surface area contributed by atoms with Crippen LogP contribution in [-0.4, -0.2) is 58.9 Å². The topological polar surface area (TPSA) is 98.1 Å². The number of carbonyl (C=O) groups is 2. The van der Waals surface area contributed by atoms with Gasteiger partial charge in [-0.15, -0.1) is 0 Å². The quantitative estimate of drug-likeness (QED) is 0.708. The second-order valence-electron chi connectivity index (χ2n) is 5.47. The Labute approximate surface area is 125 Å². The van der Waals surface area contributed by atoms with Crippen molar-refractivity contribution in [3.8, 4) is 5.75 Å². The smallest absolute Gasteiger partial charge is 0.343 e. The van der Waals surface area contributed by atoms with Gasteiger partial charge < -0.3 is 24.0 Å². The van der Waals surface area contributed by atoms with E-state index in [9.17, 15) is 19.5 Å². The van der Waals surface area contributed by atoms with E-state index in [-0.39, 0.29) is 23.3 Å². The molecule has 1 fully saturated rings. The van der Waals surface area contributed by atoms with Gasteiger partial charge in [-0.3, -0.25) is 9.59 Å². The summed E-state index contributed by atoms with van der Waals surface area (Å²) in [5.41, 5.74) is -1.29. The molecule has 0 saturated carbocycles. The van der Waals surface area contributed by atoms with Gasteiger partial charge in [0.2, 0.25) is 5.43 Å². The summed E-state index contributed by atoms with van der Waals surface area (Å²) < 4.78 is 11.4. The molecule has 2 atom stereocenters. The molecule has 1 aromatic heterocycles. The van der Waals surface area contributed by atoms with Crippen LogP contribution >= 0.6 is 0 Å². The first kappa shape index (κ1) is 14.6. The Hall–Kier alpha value is -2.35. The van der Waals surface area contributed by atoms with Gasteiger partial charge >= 0.3 is 5.97 Å². The number of hydrogen-bond acceptors (Lipinski definition) is 6. The van der Waals surface area contributed by atoms with Gasteiger partial charge in [0.05, 0.1) is 32.4 Å². The van der Waals surface area contributed by atoms with Crippen LogP contribution in [-0.2, 0) is 16.0 Å². The zero-order valence-corrected chi connectivity index (χ0v) is 12.2. The third-order valence-corrected chi connectivity index (χ3v) is 4.04. The highest BCUT2D eigenvalue weighted by molar-refractivity contribution is 5.98. The number of methoxy groups -OCH3 is 1. The summed E-state index contributed by atoms with van der Waals surface area (Å²) >= 11 is 0. The molecule has 3 rings (SSSR count). The van der Waals surface area contributed by atoms with E-state index < -0.39 is 23.1 Å². The van der Waals surface area contributed by atoms with E-state index >= 15 is 0 Å². The lowest BCUT2D eigenvalue weighted by Crippen LogP contribution is -2.58. The van der Waals surface area contributed by atoms with Gasteiger partial charge in [0.15, 0.2) is 11.4 Å². The number of amides is 1. The predicted molar refractivity (Wildman–Crippen MR) is 73.9 cm³/mol. The van der Waals surface area contributed by atoms with E-state index in [1.54, 1.807) is 4.90 Å². The predicted octanol–water partition coefficient (Wildman–Crippen LogP) is -0.416. The fraction of sp³-hybridized carbons (Fsp3) is 0.500. The second-order valence-corrected chi connectivity index (χ2v) is 5.47. The first-order valence-electron chi connectivity index (χ1n) is 6.90. The van der Waals surface area contributed by atoms with Crippen LogP contribution in [0, 0.1) is 0 Å². The van der Waals surface area contributed by atoms with Crippen LogP contribution in [0.4, 0.5) is 0 Å². The number of nitrogens with zero attached hydrogens (tertiary/aromatic N) is 2. The number of aromatic nitrogens is 1. The molecule has 0 spiro atoms. The van der Waals surface area contributed by atoms with Gasteiger partial charge in [-0.2, -0.15) is 0 Å². The molecule has 8 heteroatoms. The Morgan fingerprint density at radius 2 is 2.14 bits per heavy atom. The number of carbonyl (C=O) groups excluding carboxylic acids is 2. The number of ether oxygens (including phenoxy) is 2. The number of aromatic hydroxyl groups is 1. The molecule has 1 N–H and O–H groups in total. The van der Waals surface area contributed by atoms with E-state index in [1.807, 2.05) is 6.92 Å². The molecular formula is C14H16N2O6. The maximum absolute atomic E-state index is 12.6. The van der Waals surface area contributed by atoms with Gasteiger partial charge in [0.25, 0.3) is 5.91 Å². The number of hydrogen-bond donors (Lipinski definition) is 1. The first-order valence-corrected chi connectivity index (χ1v) is 6.90. The molecule has 0 bridgehead atoms. The molecule has 1 saturated heterocycles. The molecule has 2 aliphatic heterocycles. The summed E-state index contributed by atoms with van der Waals surface area (Å²) in [6.45, 7) is 2.96. The molecule has 2 aliphatic rings. The molecule has 0 radical (unpaired) electrons. The molecule has 0 aliphatic carbocycles. The van der Waals surface area contributed by atoms with Gasteiger partial charge in [-0.05, 0) is 6.92 Å². The van der Waals surface area contributed by atoms with Gasteiger partial charge in [0, 0.05) is 12.7 Å². The highest BCUT2D eigenvalue weighted by Gasteiger charge is 2.40.